The van der Waals surface area contributed by atoms with Crippen molar-refractivity contribution < 1.29 is 4.79 Å². The van der Waals surface area contributed by atoms with Crippen LogP contribution in [0.5, 0.6) is 0 Å². The van der Waals surface area contributed by atoms with E-state index in [9.17, 15) is 4.79 Å². The number of allylic oxidation sites excluding steroid dienone is 1. The highest BCUT2D eigenvalue weighted by Crippen LogP contribution is 2.20. The molecule has 0 atom stereocenters. The largest absolute Gasteiger partial charge is 0.350 e. The summed E-state index contributed by atoms with van der Waals surface area (Å²) in [7, 11) is 0. The highest BCUT2D eigenvalue weighted by atomic mass is 16.1. The molecule has 2 rings (SSSR count). The Labute approximate surface area is 96.4 Å². The Morgan fingerprint density at radius 3 is 2.62 bits per heavy atom. The van der Waals surface area contributed by atoms with Crippen molar-refractivity contribution in [1.29, 1.82) is 0 Å². The first-order chi connectivity index (χ1) is 7.79. The molecule has 1 N–H and O–H groups in total. The zero-order valence-corrected chi connectivity index (χ0v) is 9.57. The maximum atomic E-state index is 11.6. The van der Waals surface area contributed by atoms with Gasteiger partial charge < -0.3 is 5.32 Å². The summed E-state index contributed by atoms with van der Waals surface area (Å²) in [6.45, 7) is 2.07. The van der Waals surface area contributed by atoms with Crippen LogP contribution in [0.3, 0.4) is 0 Å². The number of nitrogens with one attached hydrogen (secondary N) is 1. The highest BCUT2D eigenvalue weighted by molar-refractivity contribution is 5.95. The van der Waals surface area contributed by atoms with Gasteiger partial charge in [-0.25, -0.2) is 0 Å². The van der Waals surface area contributed by atoms with Crippen molar-refractivity contribution in [3.8, 4) is 0 Å². The van der Waals surface area contributed by atoms with E-state index in [2.05, 4.69) is 12.2 Å². The van der Waals surface area contributed by atoms with Crippen LogP contribution in [0.25, 0.3) is 5.57 Å². The van der Waals surface area contributed by atoms with Gasteiger partial charge in [-0.3, -0.25) is 4.79 Å². The lowest BCUT2D eigenvalue weighted by Gasteiger charge is -2.05. The fourth-order valence-corrected chi connectivity index (χ4v) is 1.67. The summed E-state index contributed by atoms with van der Waals surface area (Å²) in [5, 5.41) is 2.97. The van der Waals surface area contributed by atoms with E-state index in [1.807, 2.05) is 30.3 Å². The Morgan fingerprint density at radius 1 is 1.38 bits per heavy atom. The minimum atomic E-state index is 0.0446. The van der Waals surface area contributed by atoms with Crippen LogP contribution in [-0.2, 0) is 4.79 Å². The van der Waals surface area contributed by atoms with Gasteiger partial charge in [0.25, 0.3) is 0 Å². The molecule has 0 saturated heterocycles. The fourth-order valence-electron chi connectivity index (χ4n) is 1.67. The van der Waals surface area contributed by atoms with E-state index in [4.69, 9.17) is 0 Å². The van der Waals surface area contributed by atoms with E-state index in [1.165, 1.54) is 0 Å². The van der Waals surface area contributed by atoms with Gasteiger partial charge in [-0.2, -0.15) is 0 Å². The number of hydrogen-bond acceptors (Lipinski definition) is 1. The van der Waals surface area contributed by atoms with Crippen LogP contribution >= 0.6 is 0 Å². The summed E-state index contributed by atoms with van der Waals surface area (Å²) in [6, 6.07) is 10.5. The fraction of sp³-hybridized carbons (Fsp3) is 0.357. The van der Waals surface area contributed by atoms with Crippen molar-refractivity contribution in [3.05, 3.63) is 42.0 Å². The van der Waals surface area contributed by atoms with Crippen molar-refractivity contribution in [1.82, 2.24) is 5.32 Å². The van der Waals surface area contributed by atoms with E-state index in [-0.39, 0.29) is 5.91 Å². The standard InChI is InChI=1S/C14H17NO/c1-2-11(12-6-4-3-5-7-12)10-14(16)15-13-8-9-13/h3-7,10,13H,2,8-9H2,1H3,(H,15,16)/b11-10+. The van der Waals surface area contributed by atoms with Gasteiger partial charge in [0.2, 0.25) is 5.91 Å². The lowest BCUT2D eigenvalue weighted by atomic mass is 10.0. The molecule has 0 radical (unpaired) electrons. The Kier molecular flexibility index (Phi) is 3.40. The lowest BCUT2D eigenvalue weighted by Crippen LogP contribution is -2.23. The molecule has 0 aromatic heterocycles. The van der Waals surface area contributed by atoms with Gasteiger partial charge in [0.05, 0.1) is 0 Å². The molecule has 0 heterocycles. The highest BCUT2D eigenvalue weighted by Gasteiger charge is 2.22. The first-order valence-electron chi connectivity index (χ1n) is 5.86. The van der Waals surface area contributed by atoms with E-state index in [0.29, 0.717) is 6.04 Å². The maximum Gasteiger partial charge on any atom is 0.244 e. The van der Waals surface area contributed by atoms with Gasteiger partial charge in [0.15, 0.2) is 0 Å². The van der Waals surface area contributed by atoms with Crippen LogP contribution in [0.1, 0.15) is 31.7 Å². The quantitative estimate of drug-likeness (QED) is 0.769. The second-order valence-electron chi connectivity index (χ2n) is 4.17. The van der Waals surface area contributed by atoms with Crippen LogP contribution in [0.2, 0.25) is 0 Å². The van der Waals surface area contributed by atoms with Gasteiger partial charge in [-0.05, 0) is 30.4 Å². The molecular formula is C14H17NO. The number of benzene rings is 1. The van der Waals surface area contributed by atoms with Gasteiger partial charge >= 0.3 is 0 Å². The average Bonchev–Trinajstić information content (AvgIpc) is 3.11. The number of rotatable bonds is 4. The molecule has 0 unspecified atom stereocenters. The number of carbonyl (C=O) groups excluding carboxylic acids is 1. The predicted molar refractivity (Wildman–Crippen MR) is 65.9 cm³/mol. The number of hydrogen-bond donors (Lipinski definition) is 1. The van der Waals surface area contributed by atoms with Crippen LogP contribution < -0.4 is 5.32 Å². The first kappa shape index (κ1) is 10.9. The van der Waals surface area contributed by atoms with Crippen LogP contribution in [0.15, 0.2) is 36.4 Å². The summed E-state index contributed by atoms with van der Waals surface area (Å²) in [4.78, 5) is 11.6. The molecule has 1 aliphatic rings. The van der Waals surface area contributed by atoms with Crippen LogP contribution in [0.4, 0.5) is 0 Å². The number of carbonyl (C=O) groups is 1. The SMILES string of the molecule is CC/C(=C\C(=O)NC1CC1)c1ccccc1. The summed E-state index contributed by atoms with van der Waals surface area (Å²) >= 11 is 0. The molecule has 1 aromatic carbocycles. The van der Waals surface area contributed by atoms with E-state index >= 15 is 0 Å². The molecule has 1 aromatic rings. The summed E-state index contributed by atoms with van der Waals surface area (Å²) in [5.74, 6) is 0.0446. The Morgan fingerprint density at radius 2 is 2.06 bits per heavy atom. The monoisotopic (exact) mass is 215 g/mol. The molecule has 1 aliphatic carbocycles. The molecule has 1 fully saturated rings. The van der Waals surface area contributed by atoms with Crippen LogP contribution in [-0.4, -0.2) is 11.9 Å². The third kappa shape index (κ3) is 2.96. The average molecular weight is 215 g/mol. The molecule has 2 nitrogen and oxygen atoms in total. The van der Waals surface area contributed by atoms with Gasteiger partial charge in [0, 0.05) is 12.1 Å². The van der Waals surface area contributed by atoms with Gasteiger partial charge in [0.1, 0.15) is 0 Å². The van der Waals surface area contributed by atoms with Crippen molar-refractivity contribution in [3.63, 3.8) is 0 Å². The Bertz CT molecular complexity index is 390. The molecule has 2 heteroatoms. The second kappa shape index (κ2) is 4.97. The van der Waals surface area contributed by atoms with Crippen LogP contribution in [0, 0.1) is 0 Å². The molecule has 0 bridgehead atoms. The molecule has 16 heavy (non-hydrogen) atoms. The summed E-state index contributed by atoms with van der Waals surface area (Å²) in [6.07, 6.45) is 4.87. The van der Waals surface area contributed by atoms with Gasteiger partial charge in [-0.1, -0.05) is 37.3 Å². The lowest BCUT2D eigenvalue weighted by molar-refractivity contribution is -0.116. The first-order valence-corrected chi connectivity index (χ1v) is 5.86. The number of amides is 1. The zero-order chi connectivity index (χ0) is 11.4. The van der Waals surface area contributed by atoms with E-state index in [0.717, 1.165) is 30.4 Å². The van der Waals surface area contributed by atoms with Crippen molar-refractivity contribution >= 4 is 11.5 Å². The molecule has 84 valence electrons. The van der Waals surface area contributed by atoms with E-state index < -0.39 is 0 Å². The normalized spacial score (nSPS) is 15.9. The molecule has 1 amide bonds. The molecule has 1 saturated carbocycles. The summed E-state index contributed by atoms with van der Waals surface area (Å²) < 4.78 is 0. The zero-order valence-electron chi connectivity index (χ0n) is 9.57. The summed E-state index contributed by atoms with van der Waals surface area (Å²) in [5.41, 5.74) is 2.23. The van der Waals surface area contributed by atoms with Gasteiger partial charge in [-0.15, -0.1) is 0 Å². The Hall–Kier alpha value is -1.57. The van der Waals surface area contributed by atoms with Crippen molar-refractivity contribution in [2.24, 2.45) is 0 Å². The third-order valence-corrected chi connectivity index (χ3v) is 2.75. The Balaban J connectivity index is 2.08. The molecule has 0 aliphatic heterocycles. The predicted octanol–water partition coefficient (Wildman–Crippen LogP) is 2.76. The third-order valence-electron chi connectivity index (χ3n) is 2.75. The molecular weight excluding hydrogens is 198 g/mol. The maximum absolute atomic E-state index is 11.6. The minimum absolute atomic E-state index is 0.0446. The smallest absolute Gasteiger partial charge is 0.244 e. The van der Waals surface area contributed by atoms with E-state index in [1.54, 1.807) is 6.08 Å². The minimum Gasteiger partial charge on any atom is -0.350 e. The molecule has 0 spiro atoms. The second-order valence-corrected chi connectivity index (χ2v) is 4.17. The van der Waals surface area contributed by atoms with Crippen molar-refractivity contribution in [2.45, 2.75) is 32.2 Å². The van der Waals surface area contributed by atoms with Crippen molar-refractivity contribution in [2.75, 3.05) is 0 Å². The topological polar surface area (TPSA) is 29.1 Å².